The van der Waals surface area contributed by atoms with Gasteiger partial charge in [0.2, 0.25) is 0 Å². The minimum absolute atomic E-state index is 0.205. The Morgan fingerprint density at radius 1 is 1.37 bits per heavy atom. The van der Waals surface area contributed by atoms with Crippen LogP contribution in [0.3, 0.4) is 0 Å². The molecular weight excluding hydrogens is 252 g/mol. The van der Waals surface area contributed by atoms with E-state index >= 15 is 0 Å². The van der Waals surface area contributed by atoms with Crippen molar-refractivity contribution in [2.45, 2.75) is 44.2 Å². The maximum absolute atomic E-state index is 13.6. The van der Waals surface area contributed by atoms with Gasteiger partial charge < -0.3 is 10.4 Å². The largest absolute Gasteiger partial charge is 0.380 e. The van der Waals surface area contributed by atoms with E-state index in [0.29, 0.717) is 12.8 Å². The van der Waals surface area contributed by atoms with Crippen LogP contribution in [0.4, 0.5) is 8.78 Å². The highest BCUT2D eigenvalue weighted by Crippen LogP contribution is 2.30. The minimum Gasteiger partial charge on any atom is -0.380 e. The minimum atomic E-state index is -1.34. The first-order valence-electron chi connectivity index (χ1n) is 6.41. The molecule has 1 unspecified atom stereocenters. The van der Waals surface area contributed by atoms with Crippen LogP contribution in [0.5, 0.6) is 0 Å². The second kappa shape index (κ2) is 5.25. The predicted octanol–water partition coefficient (Wildman–Crippen LogP) is 2.45. The molecule has 0 radical (unpaired) electrons. The summed E-state index contributed by atoms with van der Waals surface area (Å²) in [6.45, 7) is 1.60. The number of aliphatic hydroxyl groups is 1. The molecule has 1 aromatic rings. The molecule has 104 valence electrons. The van der Waals surface area contributed by atoms with Crippen molar-refractivity contribution in [2.24, 2.45) is 0 Å². The Bertz CT molecular complexity index is 484. The fourth-order valence-electron chi connectivity index (χ4n) is 2.45. The maximum Gasteiger partial charge on any atom is 0.252 e. The van der Waals surface area contributed by atoms with Crippen molar-refractivity contribution in [1.29, 1.82) is 0 Å². The van der Waals surface area contributed by atoms with E-state index in [1.54, 1.807) is 6.92 Å². The highest BCUT2D eigenvalue weighted by molar-refractivity contribution is 5.85. The summed E-state index contributed by atoms with van der Waals surface area (Å²) in [5.74, 6) is -1.85. The lowest BCUT2D eigenvalue weighted by atomic mass is 10.00. The predicted molar refractivity (Wildman–Crippen MR) is 66.3 cm³/mol. The number of carbonyl (C=O) groups excluding carboxylic acids is 1. The van der Waals surface area contributed by atoms with E-state index < -0.39 is 29.2 Å². The number of halogens is 2. The lowest BCUT2D eigenvalue weighted by Gasteiger charge is -2.24. The number of carbonyl (C=O) groups is 1. The Hall–Kier alpha value is -1.49. The number of hydrogen-bond acceptors (Lipinski definition) is 2. The van der Waals surface area contributed by atoms with Gasteiger partial charge in [-0.15, -0.1) is 0 Å². The van der Waals surface area contributed by atoms with Crippen molar-refractivity contribution < 1.29 is 18.7 Å². The topological polar surface area (TPSA) is 49.3 Å². The van der Waals surface area contributed by atoms with Gasteiger partial charge in [0.1, 0.15) is 17.2 Å². The van der Waals surface area contributed by atoms with Gasteiger partial charge in [-0.25, -0.2) is 8.78 Å². The molecule has 0 aromatic heterocycles. The van der Waals surface area contributed by atoms with Crippen molar-refractivity contribution in [3.8, 4) is 0 Å². The first-order valence-corrected chi connectivity index (χ1v) is 6.41. The number of nitrogens with one attached hydrogen (secondary N) is 1. The van der Waals surface area contributed by atoms with Gasteiger partial charge in [-0.05, 0) is 38.7 Å². The van der Waals surface area contributed by atoms with Crippen LogP contribution in [0.15, 0.2) is 18.2 Å². The molecule has 0 aliphatic heterocycles. The third-order valence-corrected chi connectivity index (χ3v) is 3.63. The highest BCUT2D eigenvalue weighted by Gasteiger charge is 2.39. The quantitative estimate of drug-likeness (QED) is 0.885. The zero-order valence-corrected chi connectivity index (χ0v) is 10.7. The molecule has 0 saturated heterocycles. The molecule has 1 atom stereocenters. The van der Waals surface area contributed by atoms with E-state index in [1.807, 2.05) is 0 Å². The first-order chi connectivity index (χ1) is 8.92. The molecule has 1 aromatic carbocycles. The van der Waals surface area contributed by atoms with Crippen molar-refractivity contribution >= 4 is 5.91 Å². The van der Waals surface area contributed by atoms with Crippen molar-refractivity contribution in [2.75, 3.05) is 0 Å². The molecule has 0 bridgehead atoms. The number of hydrogen-bond donors (Lipinski definition) is 2. The average molecular weight is 269 g/mol. The molecule has 0 spiro atoms. The van der Waals surface area contributed by atoms with E-state index in [2.05, 4.69) is 5.32 Å². The molecular formula is C14H17F2NO2. The molecule has 1 fully saturated rings. The molecule has 3 nitrogen and oxygen atoms in total. The summed E-state index contributed by atoms with van der Waals surface area (Å²) >= 11 is 0. The number of amides is 1. The van der Waals surface area contributed by atoms with Crippen LogP contribution in [-0.2, 0) is 4.79 Å². The Balaban J connectivity index is 2.08. The fourth-order valence-corrected chi connectivity index (χ4v) is 2.45. The Morgan fingerprint density at radius 2 is 2.00 bits per heavy atom. The van der Waals surface area contributed by atoms with Crippen molar-refractivity contribution in [3.05, 3.63) is 35.4 Å². The van der Waals surface area contributed by atoms with Crippen LogP contribution < -0.4 is 5.32 Å². The van der Waals surface area contributed by atoms with Crippen molar-refractivity contribution in [1.82, 2.24) is 5.32 Å². The molecule has 5 heteroatoms. The number of rotatable bonds is 3. The van der Waals surface area contributed by atoms with Crippen LogP contribution in [0.1, 0.15) is 44.2 Å². The van der Waals surface area contributed by atoms with Crippen LogP contribution >= 0.6 is 0 Å². The van der Waals surface area contributed by atoms with Gasteiger partial charge in [0, 0.05) is 11.6 Å². The molecule has 1 aliphatic carbocycles. The van der Waals surface area contributed by atoms with Gasteiger partial charge in [-0.3, -0.25) is 4.79 Å². The van der Waals surface area contributed by atoms with Crippen LogP contribution in [-0.4, -0.2) is 16.6 Å². The molecule has 2 N–H and O–H groups in total. The van der Waals surface area contributed by atoms with Crippen molar-refractivity contribution in [3.63, 3.8) is 0 Å². The van der Waals surface area contributed by atoms with E-state index in [4.69, 9.17) is 0 Å². The van der Waals surface area contributed by atoms with Gasteiger partial charge in [0.05, 0.1) is 6.04 Å². The summed E-state index contributed by atoms with van der Waals surface area (Å²) in [6.07, 6.45) is 2.47. The van der Waals surface area contributed by atoms with E-state index in [-0.39, 0.29) is 5.56 Å². The first kappa shape index (κ1) is 13.9. The maximum atomic E-state index is 13.6. The van der Waals surface area contributed by atoms with Crippen LogP contribution in [0.25, 0.3) is 0 Å². The monoisotopic (exact) mass is 269 g/mol. The lowest BCUT2D eigenvalue weighted by molar-refractivity contribution is -0.139. The Kier molecular flexibility index (Phi) is 3.85. The SMILES string of the molecule is CC(NC(=O)C1(O)CCCC1)c1ccc(F)cc1F. The molecule has 1 aliphatic rings. The fraction of sp³-hybridized carbons (Fsp3) is 0.500. The van der Waals surface area contributed by atoms with Gasteiger partial charge in [-0.2, -0.15) is 0 Å². The van der Waals surface area contributed by atoms with Gasteiger partial charge in [0.15, 0.2) is 0 Å². The van der Waals surface area contributed by atoms with Gasteiger partial charge >= 0.3 is 0 Å². The van der Waals surface area contributed by atoms with E-state index in [0.717, 1.165) is 25.0 Å². The summed E-state index contributed by atoms with van der Waals surface area (Å²) in [6, 6.07) is 2.61. The molecule has 2 rings (SSSR count). The Morgan fingerprint density at radius 3 is 2.58 bits per heavy atom. The average Bonchev–Trinajstić information content (AvgIpc) is 2.77. The second-order valence-electron chi connectivity index (χ2n) is 5.10. The van der Waals surface area contributed by atoms with E-state index in [1.165, 1.54) is 6.07 Å². The summed E-state index contributed by atoms with van der Waals surface area (Å²) < 4.78 is 26.4. The zero-order chi connectivity index (χ0) is 14.0. The molecule has 1 saturated carbocycles. The zero-order valence-electron chi connectivity index (χ0n) is 10.7. The van der Waals surface area contributed by atoms with Crippen LogP contribution in [0, 0.1) is 11.6 Å². The normalized spacial score (nSPS) is 19.2. The summed E-state index contributed by atoms with van der Waals surface area (Å²) in [5.41, 5.74) is -1.14. The summed E-state index contributed by atoms with van der Waals surface area (Å²) in [7, 11) is 0. The summed E-state index contributed by atoms with van der Waals surface area (Å²) in [4.78, 5) is 12.0. The molecule has 0 heterocycles. The van der Waals surface area contributed by atoms with Gasteiger partial charge in [0.25, 0.3) is 5.91 Å². The van der Waals surface area contributed by atoms with Gasteiger partial charge in [-0.1, -0.05) is 6.07 Å². The van der Waals surface area contributed by atoms with Crippen LogP contribution in [0.2, 0.25) is 0 Å². The highest BCUT2D eigenvalue weighted by atomic mass is 19.1. The molecule has 19 heavy (non-hydrogen) atoms. The standard InChI is InChI=1S/C14H17F2NO2/c1-9(11-5-4-10(15)8-12(11)16)17-13(18)14(19)6-2-3-7-14/h4-5,8-9,19H,2-3,6-7H2,1H3,(H,17,18). The lowest BCUT2D eigenvalue weighted by Crippen LogP contribution is -2.45. The smallest absolute Gasteiger partial charge is 0.252 e. The Labute approximate surface area is 110 Å². The second-order valence-corrected chi connectivity index (χ2v) is 5.10. The third-order valence-electron chi connectivity index (χ3n) is 3.63. The molecule has 1 amide bonds. The summed E-state index contributed by atoms with van der Waals surface area (Å²) in [5, 5.41) is 12.7. The van der Waals surface area contributed by atoms with E-state index in [9.17, 15) is 18.7 Å². The number of benzene rings is 1. The third kappa shape index (κ3) is 2.92.